The summed E-state index contributed by atoms with van der Waals surface area (Å²) in [5, 5.41) is 0. The molecule has 6 heteroatoms. The summed E-state index contributed by atoms with van der Waals surface area (Å²) >= 11 is 1.82. The highest BCUT2D eigenvalue weighted by Gasteiger charge is 2.19. The van der Waals surface area contributed by atoms with Gasteiger partial charge in [-0.1, -0.05) is 28.7 Å². The van der Waals surface area contributed by atoms with E-state index in [0.29, 0.717) is 0 Å². The van der Waals surface area contributed by atoms with Gasteiger partial charge in [-0.2, -0.15) is 0 Å². The van der Waals surface area contributed by atoms with Crippen LogP contribution >= 0.6 is 22.6 Å². The fourth-order valence-electron chi connectivity index (χ4n) is 0.606. The van der Waals surface area contributed by atoms with Crippen LogP contribution in [-0.4, -0.2) is 35.9 Å². The lowest BCUT2D eigenvalue weighted by molar-refractivity contribution is -0.123. The molecule has 0 bridgehead atoms. The number of nitrogens with zero attached hydrogens (tertiary/aromatic N) is 1. The van der Waals surface area contributed by atoms with Gasteiger partial charge < -0.3 is 0 Å². The van der Waals surface area contributed by atoms with Gasteiger partial charge in [-0.15, -0.1) is 6.58 Å². The number of alkyl halides is 1. The third-order valence-electron chi connectivity index (χ3n) is 1.09. The Labute approximate surface area is 85.8 Å². The molecule has 12 heavy (non-hydrogen) atoms. The van der Waals surface area contributed by atoms with Gasteiger partial charge in [0.25, 0.3) is 0 Å². The molecule has 0 fully saturated rings. The third kappa shape index (κ3) is 3.53. The van der Waals surface area contributed by atoms with Crippen molar-refractivity contribution in [2.45, 2.75) is 0 Å². The van der Waals surface area contributed by atoms with E-state index in [9.17, 15) is 13.2 Å². The third-order valence-corrected chi connectivity index (χ3v) is 2.89. The van der Waals surface area contributed by atoms with Crippen molar-refractivity contribution in [2.75, 3.05) is 17.2 Å². The van der Waals surface area contributed by atoms with Crippen LogP contribution in [0.25, 0.3) is 0 Å². The lowest BCUT2D eigenvalue weighted by Crippen LogP contribution is -2.36. The van der Waals surface area contributed by atoms with Gasteiger partial charge >= 0.3 is 0 Å². The van der Waals surface area contributed by atoms with E-state index in [-0.39, 0.29) is 11.0 Å². The molecule has 0 aromatic carbocycles. The minimum absolute atomic E-state index is 0.0423. The zero-order valence-electron chi connectivity index (χ0n) is 6.66. The Hall–Kier alpha value is -0.110. The highest BCUT2D eigenvalue weighted by Crippen LogP contribution is 2.00. The summed E-state index contributed by atoms with van der Waals surface area (Å²) in [6, 6.07) is 0. The molecule has 0 saturated carbocycles. The second kappa shape index (κ2) is 4.80. The molecule has 0 saturated heterocycles. The molecule has 0 aliphatic carbocycles. The molecule has 0 N–H and O–H groups in total. The Morgan fingerprint density at radius 2 is 2.17 bits per heavy atom. The van der Waals surface area contributed by atoms with Crippen molar-refractivity contribution in [2.24, 2.45) is 0 Å². The van der Waals surface area contributed by atoms with Crippen LogP contribution in [0.2, 0.25) is 0 Å². The summed E-state index contributed by atoms with van der Waals surface area (Å²) < 4.78 is 22.9. The zero-order valence-corrected chi connectivity index (χ0v) is 9.63. The number of carbonyl (C=O) groups is 1. The summed E-state index contributed by atoms with van der Waals surface area (Å²) in [6.07, 6.45) is 2.38. The first-order valence-corrected chi connectivity index (χ1v) is 6.48. The zero-order chi connectivity index (χ0) is 9.78. The van der Waals surface area contributed by atoms with Crippen molar-refractivity contribution >= 4 is 38.5 Å². The van der Waals surface area contributed by atoms with Crippen LogP contribution < -0.4 is 0 Å². The van der Waals surface area contributed by atoms with Crippen LogP contribution in [-0.2, 0) is 14.8 Å². The van der Waals surface area contributed by atoms with Gasteiger partial charge in [-0.3, -0.25) is 4.79 Å². The lowest BCUT2D eigenvalue weighted by Gasteiger charge is -2.16. The van der Waals surface area contributed by atoms with Crippen LogP contribution in [0, 0.1) is 0 Å². The SMILES string of the molecule is C=CCN(C(=O)CI)S(C)(=O)=O. The first-order valence-electron chi connectivity index (χ1n) is 3.11. The van der Waals surface area contributed by atoms with Crippen molar-refractivity contribution < 1.29 is 13.2 Å². The number of carbonyl (C=O) groups excluding carboxylic acids is 1. The maximum absolute atomic E-state index is 11.0. The van der Waals surface area contributed by atoms with Gasteiger partial charge in [0.1, 0.15) is 0 Å². The van der Waals surface area contributed by atoms with E-state index >= 15 is 0 Å². The van der Waals surface area contributed by atoms with Crippen LogP contribution in [0.5, 0.6) is 0 Å². The van der Waals surface area contributed by atoms with Crippen molar-refractivity contribution in [3.05, 3.63) is 12.7 Å². The fourth-order valence-corrected chi connectivity index (χ4v) is 2.06. The first-order chi connectivity index (χ1) is 5.43. The largest absolute Gasteiger partial charge is 0.273 e. The normalized spacial score (nSPS) is 10.8. The van der Waals surface area contributed by atoms with Crippen molar-refractivity contribution in [3.63, 3.8) is 0 Å². The molecule has 1 amide bonds. The smallest absolute Gasteiger partial charge is 0.246 e. The van der Waals surface area contributed by atoms with E-state index in [1.165, 1.54) is 6.08 Å². The van der Waals surface area contributed by atoms with Crippen molar-refractivity contribution in [3.8, 4) is 0 Å². The number of rotatable bonds is 4. The van der Waals surface area contributed by atoms with E-state index in [1.807, 2.05) is 22.6 Å². The molecule has 0 radical (unpaired) electrons. The van der Waals surface area contributed by atoms with E-state index in [1.54, 1.807) is 0 Å². The summed E-state index contributed by atoms with van der Waals surface area (Å²) in [4.78, 5) is 11.0. The highest BCUT2D eigenvalue weighted by atomic mass is 127. The molecular weight excluding hydrogens is 293 g/mol. The molecule has 70 valence electrons. The highest BCUT2D eigenvalue weighted by molar-refractivity contribution is 14.1. The standard InChI is InChI=1S/C6H10INO3S/c1-3-4-8(6(9)5-7)12(2,10)11/h3H,1,4-5H2,2H3. The Bertz CT molecular complexity index is 273. The van der Waals surface area contributed by atoms with Gasteiger partial charge in [0.05, 0.1) is 17.2 Å². The van der Waals surface area contributed by atoms with Crippen molar-refractivity contribution in [1.82, 2.24) is 4.31 Å². The summed E-state index contributed by atoms with van der Waals surface area (Å²) in [5.41, 5.74) is 0. The molecule has 0 aromatic rings. The molecule has 0 aliphatic rings. The Balaban J connectivity index is 4.67. The lowest BCUT2D eigenvalue weighted by atomic mass is 10.6. The number of amides is 1. The summed E-state index contributed by atoms with van der Waals surface area (Å²) in [5.74, 6) is -0.419. The van der Waals surface area contributed by atoms with E-state index < -0.39 is 15.9 Å². The van der Waals surface area contributed by atoms with Crippen molar-refractivity contribution in [1.29, 1.82) is 0 Å². The van der Waals surface area contributed by atoms with Gasteiger partial charge in [-0.05, 0) is 0 Å². The second-order valence-electron chi connectivity index (χ2n) is 2.11. The first kappa shape index (κ1) is 11.9. The minimum atomic E-state index is -3.43. The average molecular weight is 303 g/mol. The van der Waals surface area contributed by atoms with Crippen LogP contribution in [0.1, 0.15) is 0 Å². The Kier molecular flexibility index (Phi) is 4.76. The molecule has 0 heterocycles. The Morgan fingerprint density at radius 1 is 1.67 bits per heavy atom. The van der Waals surface area contributed by atoms with E-state index in [4.69, 9.17) is 0 Å². The number of sulfonamides is 1. The van der Waals surface area contributed by atoms with E-state index in [2.05, 4.69) is 6.58 Å². The van der Waals surface area contributed by atoms with Gasteiger partial charge in [0, 0.05) is 0 Å². The topological polar surface area (TPSA) is 54.5 Å². The molecule has 0 aromatic heterocycles. The van der Waals surface area contributed by atoms with Gasteiger partial charge in [-0.25, -0.2) is 12.7 Å². The van der Waals surface area contributed by atoms with Crippen LogP contribution in [0.3, 0.4) is 0 Å². The van der Waals surface area contributed by atoms with Crippen LogP contribution in [0.15, 0.2) is 12.7 Å². The molecule has 0 unspecified atom stereocenters. The minimum Gasteiger partial charge on any atom is -0.273 e. The summed E-state index contributed by atoms with van der Waals surface area (Å²) in [7, 11) is -3.43. The molecule has 4 nitrogen and oxygen atoms in total. The number of hydrogen-bond donors (Lipinski definition) is 0. The molecule has 0 atom stereocenters. The maximum Gasteiger partial charge on any atom is 0.246 e. The van der Waals surface area contributed by atoms with Gasteiger partial charge in [0.2, 0.25) is 15.9 Å². The summed E-state index contributed by atoms with van der Waals surface area (Å²) in [6.45, 7) is 3.41. The second-order valence-corrected chi connectivity index (χ2v) is 4.78. The predicted molar refractivity (Wildman–Crippen MR) is 55.6 cm³/mol. The number of hydrogen-bond acceptors (Lipinski definition) is 3. The number of halogens is 1. The van der Waals surface area contributed by atoms with Crippen LogP contribution in [0.4, 0.5) is 0 Å². The average Bonchev–Trinajstić information content (AvgIpc) is 1.96. The van der Waals surface area contributed by atoms with E-state index in [0.717, 1.165) is 10.6 Å². The predicted octanol–water partition coefficient (Wildman–Crippen LogP) is 0.396. The molecule has 0 aliphatic heterocycles. The molecule has 0 rings (SSSR count). The molecule has 0 spiro atoms. The Morgan fingerprint density at radius 3 is 2.42 bits per heavy atom. The molecular formula is C6H10INO3S. The fraction of sp³-hybridized carbons (Fsp3) is 0.500. The van der Waals surface area contributed by atoms with Gasteiger partial charge in [0.15, 0.2) is 0 Å². The quantitative estimate of drug-likeness (QED) is 0.429. The maximum atomic E-state index is 11.0. The monoisotopic (exact) mass is 303 g/mol.